The molecule has 1 N–H and O–H groups in total. The van der Waals surface area contributed by atoms with Gasteiger partial charge in [-0.25, -0.2) is 9.59 Å². The first-order valence-electron chi connectivity index (χ1n) is 11.8. The van der Waals surface area contributed by atoms with Crippen molar-refractivity contribution in [1.29, 1.82) is 0 Å². The molecular weight excluding hydrogens is 474 g/mol. The van der Waals surface area contributed by atoms with Gasteiger partial charge < -0.3 is 29.0 Å². The van der Waals surface area contributed by atoms with Crippen LogP contribution in [-0.4, -0.2) is 67.7 Å². The summed E-state index contributed by atoms with van der Waals surface area (Å²) in [6, 6.07) is 13.8. The highest BCUT2D eigenvalue weighted by Crippen LogP contribution is 2.17. The van der Waals surface area contributed by atoms with E-state index in [-0.39, 0.29) is 13.0 Å². The van der Waals surface area contributed by atoms with Crippen LogP contribution in [0.4, 0.5) is 4.79 Å². The number of rotatable bonds is 16. The number of nitrogens with zero attached hydrogens (tertiary/aromatic N) is 1. The largest absolute Gasteiger partial charge is 0.492 e. The fraction of sp³-hybridized carbons (Fsp3) is 0.462. The van der Waals surface area contributed by atoms with Crippen LogP contribution >= 0.6 is 11.6 Å². The molecule has 0 saturated heterocycles. The summed E-state index contributed by atoms with van der Waals surface area (Å²) in [5.41, 5.74) is 0.832. The Labute approximate surface area is 211 Å². The molecular formula is C26H34ClNO7. The molecule has 0 fully saturated rings. The first-order valence-corrected chi connectivity index (χ1v) is 12.2. The van der Waals surface area contributed by atoms with Crippen molar-refractivity contribution in [2.24, 2.45) is 0 Å². The lowest BCUT2D eigenvalue weighted by Crippen LogP contribution is -2.38. The summed E-state index contributed by atoms with van der Waals surface area (Å²) < 4.78 is 22.1. The van der Waals surface area contributed by atoms with Crippen LogP contribution in [0.2, 0.25) is 5.02 Å². The van der Waals surface area contributed by atoms with Crippen LogP contribution in [0.3, 0.4) is 0 Å². The Hall–Kier alpha value is -2.81. The predicted octanol–water partition coefficient (Wildman–Crippen LogP) is 5.07. The summed E-state index contributed by atoms with van der Waals surface area (Å²) in [6.45, 7) is 6.44. The molecule has 0 aromatic heterocycles. The maximum atomic E-state index is 12.7. The fourth-order valence-corrected chi connectivity index (χ4v) is 3.32. The Morgan fingerprint density at radius 1 is 0.943 bits per heavy atom. The zero-order chi connectivity index (χ0) is 25.5. The van der Waals surface area contributed by atoms with E-state index in [1.165, 1.54) is 0 Å². The molecule has 0 saturated carbocycles. The van der Waals surface area contributed by atoms with E-state index < -0.39 is 18.2 Å². The molecule has 2 rings (SSSR count). The topological polar surface area (TPSA) is 94.5 Å². The Bertz CT molecular complexity index is 890. The van der Waals surface area contributed by atoms with Gasteiger partial charge in [-0.3, -0.25) is 0 Å². The molecule has 0 aliphatic carbocycles. The highest BCUT2D eigenvalue weighted by molar-refractivity contribution is 6.30. The lowest BCUT2D eigenvalue weighted by atomic mass is 10.1. The van der Waals surface area contributed by atoms with Crippen molar-refractivity contribution in [2.45, 2.75) is 39.2 Å². The Morgan fingerprint density at radius 3 is 2.26 bits per heavy atom. The smallest absolute Gasteiger partial charge is 0.415 e. The number of hydrogen-bond donors (Lipinski definition) is 1. The van der Waals surface area contributed by atoms with Crippen LogP contribution in [-0.2, 0) is 20.7 Å². The summed E-state index contributed by atoms with van der Waals surface area (Å²) in [5, 5.41) is 9.80. The van der Waals surface area contributed by atoms with Crippen molar-refractivity contribution in [3.8, 4) is 11.5 Å². The highest BCUT2D eigenvalue weighted by atomic mass is 35.5. The third kappa shape index (κ3) is 11.0. The second kappa shape index (κ2) is 16.0. The summed E-state index contributed by atoms with van der Waals surface area (Å²) in [4.78, 5) is 25.6. The molecule has 0 bridgehead atoms. The SMILES string of the molecule is CCCOCCCN(CCOc1ccc(CC(OCC)C(=O)O)cc1)C(=O)Oc1ccc(Cl)cc1. The molecule has 2 aromatic rings. The quantitative estimate of drug-likeness (QED) is 0.317. The molecule has 0 aliphatic rings. The van der Waals surface area contributed by atoms with Gasteiger partial charge in [0.1, 0.15) is 18.1 Å². The molecule has 9 heteroatoms. The molecule has 0 spiro atoms. The summed E-state index contributed by atoms with van der Waals surface area (Å²) in [7, 11) is 0. The minimum Gasteiger partial charge on any atom is -0.492 e. The maximum absolute atomic E-state index is 12.7. The van der Waals surface area contributed by atoms with Gasteiger partial charge in [0.15, 0.2) is 6.10 Å². The third-order valence-corrected chi connectivity index (χ3v) is 5.21. The number of aliphatic carboxylic acids is 1. The molecule has 1 atom stereocenters. The van der Waals surface area contributed by atoms with Gasteiger partial charge in [0.2, 0.25) is 0 Å². The van der Waals surface area contributed by atoms with Crippen molar-refractivity contribution < 1.29 is 33.6 Å². The van der Waals surface area contributed by atoms with Crippen molar-refractivity contribution >= 4 is 23.7 Å². The lowest BCUT2D eigenvalue weighted by Gasteiger charge is -2.22. The van der Waals surface area contributed by atoms with Crippen LogP contribution in [0, 0.1) is 0 Å². The minimum absolute atomic E-state index is 0.265. The zero-order valence-corrected chi connectivity index (χ0v) is 21.0. The van der Waals surface area contributed by atoms with Crippen LogP contribution < -0.4 is 9.47 Å². The second-order valence-corrected chi connectivity index (χ2v) is 8.19. The van der Waals surface area contributed by atoms with Gasteiger partial charge in [-0.1, -0.05) is 30.7 Å². The number of amides is 1. The average molecular weight is 508 g/mol. The molecule has 2 aromatic carbocycles. The monoisotopic (exact) mass is 507 g/mol. The van der Waals surface area contributed by atoms with Gasteiger partial charge >= 0.3 is 12.1 Å². The van der Waals surface area contributed by atoms with Crippen LogP contribution in [0.25, 0.3) is 0 Å². The third-order valence-electron chi connectivity index (χ3n) is 4.96. The zero-order valence-electron chi connectivity index (χ0n) is 20.3. The van der Waals surface area contributed by atoms with E-state index >= 15 is 0 Å². The Balaban J connectivity index is 1.89. The molecule has 0 radical (unpaired) electrons. The van der Waals surface area contributed by atoms with E-state index in [2.05, 4.69) is 0 Å². The van der Waals surface area contributed by atoms with Crippen molar-refractivity contribution in [1.82, 2.24) is 4.90 Å². The standard InChI is InChI=1S/C26H34ClNO7/c1-3-16-32-17-5-14-28(26(31)35-23-12-8-21(27)9-13-23)15-18-34-22-10-6-20(7-11-22)19-24(25(29)30)33-4-2/h6-13,24H,3-5,14-19H2,1-2H3,(H,29,30). The summed E-state index contributed by atoms with van der Waals surface area (Å²) in [5.74, 6) is 0.0436. The number of benzene rings is 2. The van der Waals surface area contributed by atoms with E-state index in [1.54, 1.807) is 48.2 Å². The van der Waals surface area contributed by atoms with Crippen LogP contribution in [0.5, 0.6) is 11.5 Å². The maximum Gasteiger partial charge on any atom is 0.415 e. The first kappa shape index (κ1) is 28.4. The number of hydrogen-bond acceptors (Lipinski definition) is 6. The van der Waals surface area contributed by atoms with Crippen molar-refractivity contribution in [3.05, 3.63) is 59.1 Å². The van der Waals surface area contributed by atoms with Crippen molar-refractivity contribution in [3.63, 3.8) is 0 Å². The molecule has 35 heavy (non-hydrogen) atoms. The average Bonchev–Trinajstić information content (AvgIpc) is 2.84. The highest BCUT2D eigenvalue weighted by Gasteiger charge is 2.18. The molecule has 8 nitrogen and oxygen atoms in total. The van der Waals surface area contributed by atoms with E-state index in [0.717, 1.165) is 12.0 Å². The predicted molar refractivity (Wildman–Crippen MR) is 133 cm³/mol. The van der Waals surface area contributed by atoms with Gasteiger partial charge in [-0.2, -0.15) is 0 Å². The summed E-state index contributed by atoms with van der Waals surface area (Å²) >= 11 is 5.90. The number of carboxylic acid groups (broad SMARTS) is 1. The summed E-state index contributed by atoms with van der Waals surface area (Å²) in [6.07, 6.45) is 0.533. The normalized spacial score (nSPS) is 11.6. The van der Waals surface area contributed by atoms with Gasteiger partial charge in [-0.05, 0) is 61.7 Å². The van der Waals surface area contributed by atoms with Gasteiger partial charge in [0.05, 0.1) is 6.54 Å². The van der Waals surface area contributed by atoms with E-state index in [0.29, 0.717) is 55.9 Å². The molecule has 192 valence electrons. The fourth-order valence-electron chi connectivity index (χ4n) is 3.19. The number of carbonyl (C=O) groups excluding carboxylic acids is 1. The molecule has 0 heterocycles. The minimum atomic E-state index is -0.988. The molecule has 0 aliphatic heterocycles. The number of carbonyl (C=O) groups is 2. The molecule has 1 amide bonds. The van der Waals surface area contributed by atoms with Crippen LogP contribution in [0.1, 0.15) is 32.3 Å². The Morgan fingerprint density at radius 2 is 1.63 bits per heavy atom. The van der Waals surface area contributed by atoms with E-state index in [4.69, 9.17) is 30.5 Å². The van der Waals surface area contributed by atoms with Crippen LogP contribution in [0.15, 0.2) is 48.5 Å². The number of carboxylic acids is 1. The Kier molecular flexibility index (Phi) is 13.0. The van der Waals surface area contributed by atoms with Gasteiger partial charge in [0.25, 0.3) is 0 Å². The number of ether oxygens (including phenoxy) is 4. The van der Waals surface area contributed by atoms with Gasteiger partial charge in [-0.15, -0.1) is 0 Å². The van der Waals surface area contributed by atoms with Crippen molar-refractivity contribution in [2.75, 3.05) is 39.5 Å². The van der Waals surface area contributed by atoms with E-state index in [1.807, 2.05) is 19.1 Å². The number of halogens is 1. The van der Waals surface area contributed by atoms with E-state index in [9.17, 15) is 14.7 Å². The first-order chi connectivity index (χ1) is 16.9. The van der Waals surface area contributed by atoms with Gasteiger partial charge in [0, 0.05) is 37.8 Å². The lowest BCUT2D eigenvalue weighted by molar-refractivity contribution is -0.149. The molecule has 1 unspecified atom stereocenters. The second-order valence-electron chi connectivity index (χ2n) is 7.75.